The fourth-order valence-corrected chi connectivity index (χ4v) is 2.40. The van der Waals surface area contributed by atoms with Crippen molar-refractivity contribution in [3.8, 4) is 17.0 Å². The third-order valence-electron chi connectivity index (χ3n) is 3.61. The van der Waals surface area contributed by atoms with Gasteiger partial charge in [0.2, 0.25) is 5.91 Å². The molecule has 6 nitrogen and oxygen atoms in total. The van der Waals surface area contributed by atoms with Crippen LogP contribution in [-0.2, 0) is 4.79 Å². The number of anilines is 2. The van der Waals surface area contributed by atoms with Gasteiger partial charge in [-0.3, -0.25) is 15.6 Å². The molecule has 0 aliphatic carbocycles. The molecule has 0 unspecified atom stereocenters. The Morgan fingerprint density at radius 2 is 1.88 bits per heavy atom. The number of rotatable bonds is 4. The van der Waals surface area contributed by atoms with Crippen LogP contribution in [0.1, 0.15) is 6.92 Å². The van der Waals surface area contributed by atoms with Crippen LogP contribution in [0.4, 0.5) is 11.4 Å². The Hall–Kier alpha value is -3.28. The summed E-state index contributed by atoms with van der Waals surface area (Å²) in [4.78, 5) is 15.6. The quantitative estimate of drug-likeness (QED) is 0.643. The molecule has 0 spiro atoms. The molecule has 1 heterocycles. The monoisotopic (exact) mass is 322 g/mol. The molecule has 3 aromatic rings. The normalized spacial score (nSPS) is 10.4. The van der Waals surface area contributed by atoms with Gasteiger partial charge in [0.15, 0.2) is 0 Å². The number of carbonyl (C=O) groups excluding carboxylic acids is 1. The molecule has 0 bridgehead atoms. The van der Waals surface area contributed by atoms with Crippen LogP contribution < -0.4 is 21.3 Å². The van der Waals surface area contributed by atoms with Crippen LogP contribution >= 0.6 is 0 Å². The van der Waals surface area contributed by atoms with Crippen LogP contribution in [0.5, 0.6) is 5.75 Å². The smallest absolute Gasteiger partial charge is 0.235 e. The standard InChI is InChI=1S/C18H18N4O2/c1-11(23)21-22-13-5-8-17-15(9-13)16(19)10-18(20-17)12-3-6-14(24-2)7-4-12/h3-10,22H,1-2H3,(H2,19,20)(H,21,23). The molecule has 6 heteroatoms. The highest BCUT2D eigenvalue weighted by Crippen LogP contribution is 2.29. The second-order valence-electron chi connectivity index (χ2n) is 5.36. The Balaban J connectivity index is 1.97. The number of hydrogen-bond donors (Lipinski definition) is 3. The number of nitrogens with two attached hydrogens (primary N) is 1. The van der Waals surface area contributed by atoms with Crippen molar-refractivity contribution in [1.82, 2.24) is 10.4 Å². The van der Waals surface area contributed by atoms with Crippen molar-refractivity contribution in [2.75, 3.05) is 18.3 Å². The third kappa shape index (κ3) is 3.22. The summed E-state index contributed by atoms with van der Waals surface area (Å²) in [6.45, 7) is 1.44. The zero-order valence-electron chi connectivity index (χ0n) is 13.5. The Bertz CT molecular complexity index is 891. The average Bonchev–Trinajstić information content (AvgIpc) is 2.60. The molecule has 0 aliphatic heterocycles. The molecular weight excluding hydrogens is 304 g/mol. The molecule has 3 rings (SSSR count). The zero-order valence-corrected chi connectivity index (χ0v) is 13.5. The fraction of sp³-hybridized carbons (Fsp3) is 0.111. The van der Waals surface area contributed by atoms with E-state index in [1.807, 2.05) is 48.5 Å². The Kier molecular flexibility index (Phi) is 4.20. The predicted molar refractivity (Wildman–Crippen MR) is 95.6 cm³/mol. The van der Waals surface area contributed by atoms with Gasteiger partial charge < -0.3 is 10.5 Å². The SMILES string of the molecule is COc1ccc(-c2cc(N)c3cc(NNC(C)=O)ccc3n2)cc1. The summed E-state index contributed by atoms with van der Waals surface area (Å²) in [6, 6.07) is 15.1. The van der Waals surface area contributed by atoms with Crippen molar-refractivity contribution in [1.29, 1.82) is 0 Å². The number of pyridine rings is 1. The summed E-state index contributed by atoms with van der Waals surface area (Å²) < 4.78 is 5.17. The summed E-state index contributed by atoms with van der Waals surface area (Å²) >= 11 is 0. The lowest BCUT2D eigenvalue weighted by molar-refractivity contribution is -0.118. The lowest BCUT2D eigenvalue weighted by Gasteiger charge is -2.10. The molecule has 24 heavy (non-hydrogen) atoms. The van der Waals surface area contributed by atoms with Crippen molar-refractivity contribution >= 4 is 28.2 Å². The Morgan fingerprint density at radius 1 is 1.12 bits per heavy atom. The number of benzene rings is 2. The first-order valence-electron chi connectivity index (χ1n) is 7.44. The minimum Gasteiger partial charge on any atom is -0.497 e. The Morgan fingerprint density at radius 3 is 2.54 bits per heavy atom. The number of amides is 1. The zero-order chi connectivity index (χ0) is 17.1. The molecule has 1 aromatic heterocycles. The highest BCUT2D eigenvalue weighted by Gasteiger charge is 2.07. The number of nitrogens with zero attached hydrogens (tertiary/aromatic N) is 1. The first kappa shape index (κ1) is 15.6. The maximum absolute atomic E-state index is 11.0. The summed E-state index contributed by atoms with van der Waals surface area (Å²) in [5.41, 5.74) is 15.5. The lowest BCUT2D eigenvalue weighted by atomic mass is 10.1. The minimum atomic E-state index is -0.170. The van der Waals surface area contributed by atoms with E-state index in [4.69, 9.17) is 10.5 Å². The summed E-state index contributed by atoms with van der Waals surface area (Å²) in [5, 5.41) is 0.822. The van der Waals surface area contributed by atoms with Gasteiger partial charge in [-0.2, -0.15) is 0 Å². The molecule has 0 radical (unpaired) electrons. The summed E-state index contributed by atoms with van der Waals surface area (Å²) in [6.07, 6.45) is 0. The summed E-state index contributed by atoms with van der Waals surface area (Å²) in [7, 11) is 1.63. The van der Waals surface area contributed by atoms with Crippen molar-refractivity contribution in [3.05, 3.63) is 48.5 Å². The van der Waals surface area contributed by atoms with E-state index in [2.05, 4.69) is 15.8 Å². The van der Waals surface area contributed by atoms with E-state index in [1.54, 1.807) is 7.11 Å². The lowest BCUT2D eigenvalue weighted by Crippen LogP contribution is -2.26. The van der Waals surface area contributed by atoms with Crippen LogP contribution in [0, 0.1) is 0 Å². The highest BCUT2D eigenvalue weighted by atomic mass is 16.5. The molecule has 0 aliphatic rings. The number of carbonyl (C=O) groups is 1. The molecule has 122 valence electrons. The first-order valence-corrected chi connectivity index (χ1v) is 7.44. The van der Waals surface area contributed by atoms with Gasteiger partial charge in [0, 0.05) is 23.6 Å². The van der Waals surface area contributed by atoms with Crippen molar-refractivity contribution < 1.29 is 9.53 Å². The maximum atomic E-state index is 11.0. The van der Waals surface area contributed by atoms with Gasteiger partial charge in [-0.1, -0.05) is 0 Å². The van der Waals surface area contributed by atoms with Crippen molar-refractivity contribution in [2.24, 2.45) is 0 Å². The van der Waals surface area contributed by atoms with Crippen LogP contribution in [0.15, 0.2) is 48.5 Å². The largest absolute Gasteiger partial charge is 0.497 e. The van der Waals surface area contributed by atoms with Crippen LogP contribution in [0.25, 0.3) is 22.2 Å². The highest BCUT2D eigenvalue weighted by molar-refractivity contribution is 5.95. The van der Waals surface area contributed by atoms with Crippen molar-refractivity contribution in [3.63, 3.8) is 0 Å². The first-order chi connectivity index (χ1) is 11.6. The number of ether oxygens (including phenoxy) is 1. The average molecular weight is 322 g/mol. The van der Waals surface area contributed by atoms with E-state index in [0.717, 1.165) is 33.6 Å². The Labute approximate surface area is 139 Å². The molecule has 0 fully saturated rings. The topological polar surface area (TPSA) is 89.3 Å². The molecule has 2 aromatic carbocycles. The van der Waals surface area contributed by atoms with Crippen LogP contribution in [0.2, 0.25) is 0 Å². The second-order valence-corrected chi connectivity index (χ2v) is 5.36. The van der Waals surface area contributed by atoms with E-state index in [1.165, 1.54) is 6.92 Å². The second kappa shape index (κ2) is 6.45. The molecular formula is C18H18N4O2. The van der Waals surface area contributed by atoms with E-state index in [0.29, 0.717) is 5.69 Å². The summed E-state index contributed by atoms with van der Waals surface area (Å²) in [5.74, 6) is 0.622. The van der Waals surface area contributed by atoms with E-state index in [-0.39, 0.29) is 5.91 Å². The molecule has 0 saturated carbocycles. The van der Waals surface area contributed by atoms with Crippen LogP contribution in [-0.4, -0.2) is 18.0 Å². The van der Waals surface area contributed by atoms with Crippen LogP contribution in [0.3, 0.4) is 0 Å². The number of fused-ring (bicyclic) bond motifs is 1. The van der Waals surface area contributed by atoms with Gasteiger partial charge >= 0.3 is 0 Å². The van der Waals surface area contributed by atoms with Gasteiger partial charge in [-0.25, -0.2) is 4.98 Å². The molecule has 4 N–H and O–H groups in total. The number of aromatic nitrogens is 1. The van der Waals surface area contributed by atoms with E-state index in [9.17, 15) is 4.79 Å². The number of hydrazine groups is 1. The van der Waals surface area contributed by atoms with Gasteiger partial charge in [-0.05, 0) is 48.5 Å². The molecule has 0 saturated heterocycles. The predicted octanol–water partition coefficient (Wildman–Crippen LogP) is 2.96. The van der Waals surface area contributed by atoms with Gasteiger partial charge in [0.25, 0.3) is 0 Å². The van der Waals surface area contributed by atoms with Gasteiger partial charge in [-0.15, -0.1) is 0 Å². The number of methoxy groups -OCH3 is 1. The maximum Gasteiger partial charge on any atom is 0.235 e. The van der Waals surface area contributed by atoms with Gasteiger partial charge in [0.05, 0.1) is 24.0 Å². The van der Waals surface area contributed by atoms with E-state index >= 15 is 0 Å². The minimum absolute atomic E-state index is 0.170. The number of nitrogen functional groups attached to an aromatic ring is 1. The molecule has 0 atom stereocenters. The third-order valence-corrected chi connectivity index (χ3v) is 3.61. The van der Waals surface area contributed by atoms with Gasteiger partial charge in [0.1, 0.15) is 5.75 Å². The van der Waals surface area contributed by atoms with E-state index < -0.39 is 0 Å². The van der Waals surface area contributed by atoms with Crippen molar-refractivity contribution in [2.45, 2.75) is 6.92 Å². The number of hydrogen-bond acceptors (Lipinski definition) is 5. The fourth-order valence-electron chi connectivity index (χ4n) is 2.40. The number of nitrogens with one attached hydrogen (secondary N) is 2. The molecule has 1 amide bonds.